The molecule has 0 unspecified atom stereocenters. The van der Waals surface area contributed by atoms with Crippen LogP contribution in [0, 0.1) is 11.2 Å². The van der Waals surface area contributed by atoms with E-state index in [1.165, 1.54) is 18.2 Å². The molecule has 11 heteroatoms. The summed E-state index contributed by atoms with van der Waals surface area (Å²) in [5.41, 5.74) is 0.693. The number of carbonyl (C=O) groups excluding carboxylic acids is 1. The van der Waals surface area contributed by atoms with Crippen LogP contribution in [-0.2, 0) is 23.1 Å². The molecule has 0 saturated carbocycles. The number of nitrogens with zero attached hydrogens (tertiary/aromatic N) is 3. The molecule has 33 heavy (non-hydrogen) atoms. The van der Waals surface area contributed by atoms with E-state index in [9.17, 15) is 17.6 Å². The Morgan fingerprint density at radius 3 is 2.64 bits per heavy atom. The average Bonchev–Trinajstić information content (AvgIpc) is 2.91. The summed E-state index contributed by atoms with van der Waals surface area (Å²) in [6.45, 7) is 7.66. The van der Waals surface area contributed by atoms with Gasteiger partial charge in [-0.25, -0.2) is 22.5 Å². The van der Waals surface area contributed by atoms with Crippen molar-refractivity contribution in [1.29, 1.82) is 0 Å². The van der Waals surface area contributed by atoms with Crippen molar-refractivity contribution in [3.63, 3.8) is 0 Å². The van der Waals surface area contributed by atoms with Crippen LogP contribution in [0.5, 0.6) is 0 Å². The zero-order valence-corrected chi connectivity index (χ0v) is 21.1. The van der Waals surface area contributed by atoms with E-state index in [4.69, 9.17) is 11.6 Å². The third-order valence-corrected chi connectivity index (χ3v) is 6.62. The summed E-state index contributed by atoms with van der Waals surface area (Å²) < 4.78 is 42.3. The third kappa shape index (κ3) is 6.32. The van der Waals surface area contributed by atoms with E-state index >= 15 is 0 Å². The molecule has 182 valence electrons. The van der Waals surface area contributed by atoms with Gasteiger partial charge in [-0.2, -0.15) is 0 Å². The van der Waals surface area contributed by atoms with Crippen LogP contribution >= 0.6 is 11.6 Å². The summed E-state index contributed by atoms with van der Waals surface area (Å²) in [6, 6.07) is 3.77. The number of rotatable bonds is 6. The fourth-order valence-electron chi connectivity index (χ4n) is 3.81. The van der Waals surface area contributed by atoms with Crippen molar-refractivity contribution >= 4 is 27.5 Å². The molecule has 1 atom stereocenters. The number of carbonyl (C=O) groups is 1. The molecule has 2 aromatic rings. The molecule has 0 spiro atoms. The summed E-state index contributed by atoms with van der Waals surface area (Å²) >= 11 is 6.12. The molecule has 1 aliphatic rings. The van der Waals surface area contributed by atoms with Gasteiger partial charge in [-0.3, -0.25) is 4.79 Å². The Bertz CT molecular complexity index is 1140. The third-order valence-electron chi connectivity index (χ3n) is 5.70. The van der Waals surface area contributed by atoms with Gasteiger partial charge in [-0.15, -0.1) is 0 Å². The summed E-state index contributed by atoms with van der Waals surface area (Å²) in [5.74, 6) is -0.549. The number of sulfonamides is 1. The van der Waals surface area contributed by atoms with Crippen molar-refractivity contribution in [1.82, 2.24) is 24.5 Å². The lowest BCUT2D eigenvalue weighted by Crippen LogP contribution is -2.50. The summed E-state index contributed by atoms with van der Waals surface area (Å²) in [5, 5.41) is 3.32. The van der Waals surface area contributed by atoms with Crippen molar-refractivity contribution in [3.8, 4) is 11.4 Å². The van der Waals surface area contributed by atoms with Gasteiger partial charge in [-0.05, 0) is 43.6 Å². The molecular formula is C22H31ClFN5O3S. The molecule has 0 bridgehead atoms. The standard InChI is InChI=1S/C22H31ClFN5O3S/c1-22(2,3)18(12-25-33(5,31)32)26-21(30)19-17-13-28(4)9-6-10-29(17)20(27-19)15-11-14(23)7-8-16(15)24/h7-8,11,18,25H,6,9-10,12-13H2,1-5H3,(H,26,30)/t18-/m1/s1. The molecule has 2 heterocycles. The minimum atomic E-state index is -3.43. The van der Waals surface area contributed by atoms with E-state index in [1.54, 1.807) is 0 Å². The van der Waals surface area contributed by atoms with Gasteiger partial charge in [0, 0.05) is 30.7 Å². The van der Waals surface area contributed by atoms with Gasteiger partial charge >= 0.3 is 0 Å². The van der Waals surface area contributed by atoms with Gasteiger partial charge in [0.25, 0.3) is 5.91 Å². The first-order valence-corrected chi connectivity index (χ1v) is 13.0. The van der Waals surface area contributed by atoms with Crippen LogP contribution in [0.2, 0.25) is 5.02 Å². The number of aromatic nitrogens is 2. The minimum absolute atomic E-state index is 0.0415. The SMILES string of the molecule is CN1CCCn2c(-c3cc(Cl)ccc3F)nc(C(=O)N[C@H](CNS(C)(=O)=O)C(C)(C)C)c2C1. The van der Waals surface area contributed by atoms with E-state index in [0.717, 1.165) is 19.2 Å². The van der Waals surface area contributed by atoms with Crippen molar-refractivity contribution in [3.05, 3.63) is 40.4 Å². The Hall–Kier alpha value is -2.01. The topological polar surface area (TPSA) is 96.3 Å². The fourth-order valence-corrected chi connectivity index (χ4v) is 4.45. The molecule has 1 aliphatic heterocycles. The summed E-state index contributed by atoms with van der Waals surface area (Å²) in [7, 11) is -1.47. The molecule has 0 fully saturated rings. The molecule has 0 radical (unpaired) electrons. The van der Waals surface area contributed by atoms with Gasteiger partial charge in [0.05, 0.1) is 17.5 Å². The molecule has 2 N–H and O–H groups in total. The highest BCUT2D eigenvalue weighted by Crippen LogP contribution is 2.30. The maximum atomic E-state index is 14.7. The molecule has 0 saturated heterocycles. The second-order valence-electron chi connectivity index (χ2n) is 9.61. The van der Waals surface area contributed by atoms with Crippen molar-refractivity contribution in [2.45, 2.75) is 46.3 Å². The molecular weight excluding hydrogens is 469 g/mol. The molecule has 8 nitrogen and oxygen atoms in total. The van der Waals surface area contributed by atoms with E-state index in [-0.39, 0.29) is 17.8 Å². The van der Waals surface area contributed by atoms with Crippen LogP contribution in [-0.4, -0.2) is 61.2 Å². The zero-order chi connectivity index (χ0) is 24.6. The highest BCUT2D eigenvalue weighted by Gasteiger charge is 2.31. The van der Waals surface area contributed by atoms with Crippen molar-refractivity contribution < 1.29 is 17.6 Å². The number of benzene rings is 1. The Morgan fingerprint density at radius 1 is 1.30 bits per heavy atom. The monoisotopic (exact) mass is 499 g/mol. The zero-order valence-electron chi connectivity index (χ0n) is 19.6. The highest BCUT2D eigenvalue weighted by atomic mass is 35.5. The number of hydrogen-bond donors (Lipinski definition) is 2. The molecule has 0 aliphatic carbocycles. The quantitative estimate of drug-likeness (QED) is 0.637. The van der Waals surface area contributed by atoms with Crippen molar-refractivity contribution in [2.24, 2.45) is 5.41 Å². The first kappa shape index (κ1) is 25.6. The number of fused-ring (bicyclic) bond motifs is 1. The number of nitrogens with one attached hydrogen (secondary N) is 2. The second-order valence-corrected chi connectivity index (χ2v) is 11.9. The smallest absolute Gasteiger partial charge is 0.272 e. The lowest BCUT2D eigenvalue weighted by molar-refractivity contribution is 0.0897. The van der Waals surface area contributed by atoms with Crippen LogP contribution in [0.25, 0.3) is 11.4 Å². The van der Waals surface area contributed by atoms with Crippen LogP contribution in [0.15, 0.2) is 18.2 Å². The Balaban J connectivity index is 2.03. The van der Waals surface area contributed by atoms with E-state index in [0.29, 0.717) is 29.6 Å². The average molecular weight is 500 g/mol. The highest BCUT2D eigenvalue weighted by molar-refractivity contribution is 7.88. The van der Waals surface area contributed by atoms with Gasteiger partial charge in [0.2, 0.25) is 10.0 Å². The van der Waals surface area contributed by atoms with E-state index in [1.807, 2.05) is 32.4 Å². The van der Waals surface area contributed by atoms with Crippen LogP contribution < -0.4 is 10.0 Å². The first-order valence-electron chi connectivity index (χ1n) is 10.7. The van der Waals surface area contributed by atoms with Gasteiger partial charge in [0.15, 0.2) is 5.69 Å². The summed E-state index contributed by atoms with van der Waals surface area (Å²) in [4.78, 5) is 20.1. The van der Waals surface area contributed by atoms with E-state index < -0.39 is 33.2 Å². The predicted molar refractivity (Wildman–Crippen MR) is 127 cm³/mol. The Morgan fingerprint density at radius 2 is 2.00 bits per heavy atom. The largest absolute Gasteiger partial charge is 0.346 e. The molecule has 3 rings (SSSR count). The van der Waals surface area contributed by atoms with Crippen LogP contribution in [0.4, 0.5) is 4.39 Å². The minimum Gasteiger partial charge on any atom is -0.346 e. The normalized spacial score (nSPS) is 16.2. The number of imidazole rings is 1. The molecule has 1 amide bonds. The van der Waals surface area contributed by atoms with Gasteiger partial charge in [-0.1, -0.05) is 32.4 Å². The maximum absolute atomic E-state index is 14.7. The number of halogens is 2. The van der Waals surface area contributed by atoms with Crippen LogP contribution in [0.1, 0.15) is 43.4 Å². The lowest BCUT2D eigenvalue weighted by atomic mass is 9.86. The number of hydrogen-bond acceptors (Lipinski definition) is 5. The van der Waals surface area contributed by atoms with Gasteiger partial charge < -0.3 is 14.8 Å². The Labute approximate surface area is 199 Å². The first-order chi connectivity index (χ1) is 15.3. The Kier molecular flexibility index (Phi) is 7.52. The lowest BCUT2D eigenvalue weighted by Gasteiger charge is -2.31. The van der Waals surface area contributed by atoms with Crippen molar-refractivity contribution in [2.75, 3.05) is 26.4 Å². The predicted octanol–water partition coefficient (Wildman–Crippen LogP) is 2.87. The van der Waals surface area contributed by atoms with Gasteiger partial charge in [0.1, 0.15) is 11.6 Å². The van der Waals surface area contributed by atoms with Crippen LogP contribution in [0.3, 0.4) is 0 Å². The molecule has 1 aromatic heterocycles. The number of amides is 1. The second kappa shape index (κ2) is 9.69. The fraction of sp³-hybridized carbons (Fsp3) is 0.545. The maximum Gasteiger partial charge on any atom is 0.272 e. The van der Waals surface area contributed by atoms with E-state index in [2.05, 4.69) is 19.9 Å². The summed E-state index contributed by atoms with van der Waals surface area (Å²) in [6.07, 6.45) is 1.89. The molecule has 1 aromatic carbocycles.